The van der Waals surface area contributed by atoms with Gasteiger partial charge in [-0.15, -0.1) is 11.3 Å². The molecule has 0 aliphatic heterocycles. The molecule has 0 amide bonds. The summed E-state index contributed by atoms with van der Waals surface area (Å²) in [5.41, 5.74) is 2.72. The van der Waals surface area contributed by atoms with Crippen LogP contribution in [0.25, 0.3) is 0 Å². The summed E-state index contributed by atoms with van der Waals surface area (Å²) in [5.74, 6) is 0. The van der Waals surface area contributed by atoms with Gasteiger partial charge < -0.3 is 5.32 Å². The van der Waals surface area contributed by atoms with E-state index in [0.717, 1.165) is 6.54 Å². The molecule has 0 bridgehead atoms. The molecule has 0 aliphatic carbocycles. The van der Waals surface area contributed by atoms with E-state index in [1.54, 1.807) is 11.3 Å². The first-order valence-corrected chi connectivity index (χ1v) is 7.31. The van der Waals surface area contributed by atoms with Crippen LogP contribution in [0, 0.1) is 6.92 Å². The van der Waals surface area contributed by atoms with Gasteiger partial charge in [-0.25, -0.2) is 0 Å². The minimum absolute atomic E-state index is 0.386. The van der Waals surface area contributed by atoms with E-state index in [4.69, 9.17) is 0 Å². The number of halogens is 1. The summed E-state index contributed by atoms with van der Waals surface area (Å²) in [6.45, 7) is 5.30. The van der Waals surface area contributed by atoms with Crippen molar-refractivity contribution in [3.8, 4) is 0 Å². The summed E-state index contributed by atoms with van der Waals surface area (Å²) in [5, 5.41) is 3.56. The Hall–Kier alpha value is -0.640. The summed E-state index contributed by atoms with van der Waals surface area (Å²) in [4.78, 5) is 1.36. The van der Waals surface area contributed by atoms with Gasteiger partial charge in [0.1, 0.15) is 0 Å². The Morgan fingerprint density at radius 2 is 2.00 bits per heavy atom. The summed E-state index contributed by atoms with van der Waals surface area (Å²) in [7, 11) is 0. The monoisotopic (exact) mass is 309 g/mol. The molecule has 1 N–H and O–H groups in total. The standard InChI is InChI=1S/C14H16BrNS/c1-10-5-3-4-6-13(10)11(2)16-9-12-7-8-14(15)17-12/h3-8,11,16H,9H2,1-2H3/t11-/m1/s1. The molecule has 0 saturated carbocycles. The normalized spacial score (nSPS) is 12.6. The minimum Gasteiger partial charge on any atom is -0.305 e. The number of rotatable bonds is 4. The number of aryl methyl sites for hydroxylation is 1. The van der Waals surface area contributed by atoms with Crippen LogP contribution in [0.15, 0.2) is 40.2 Å². The molecule has 1 heterocycles. The number of hydrogen-bond donors (Lipinski definition) is 1. The molecule has 1 nitrogen and oxygen atoms in total. The van der Waals surface area contributed by atoms with Crippen LogP contribution in [0.2, 0.25) is 0 Å². The summed E-state index contributed by atoms with van der Waals surface area (Å²) in [6.07, 6.45) is 0. The minimum atomic E-state index is 0.386. The highest BCUT2D eigenvalue weighted by Crippen LogP contribution is 2.23. The molecule has 0 fully saturated rings. The topological polar surface area (TPSA) is 12.0 Å². The second-order valence-corrected chi connectivity index (χ2v) is 6.71. The molecule has 2 rings (SSSR count). The largest absolute Gasteiger partial charge is 0.305 e. The highest BCUT2D eigenvalue weighted by Gasteiger charge is 2.07. The average molecular weight is 310 g/mol. The van der Waals surface area contributed by atoms with Gasteiger partial charge in [-0.3, -0.25) is 0 Å². The fraction of sp³-hybridized carbons (Fsp3) is 0.286. The van der Waals surface area contributed by atoms with E-state index in [1.807, 2.05) is 0 Å². The van der Waals surface area contributed by atoms with E-state index < -0.39 is 0 Å². The SMILES string of the molecule is Cc1ccccc1[C@@H](C)NCc1ccc(Br)s1. The lowest BCUT2D eigenvalue weighted by Gasteiger charge is -2.15. The van der Waals surface area contributed by atoms with E-state index in [9.17, 15) is 0 Å². The lowest BCUT2D eigenvalue weighted by atomic mass is 10.0. The molecule has 2 aromatic rings. The van der Waals surface area contributed by atoms with Gasteiger partial charge in [-0.1, -0.05) is 24.3 Å². The van der Waals surface area contributed by atoms with Gasteiger partial charge in [-0.05, 0) is 53.0 Å². The zero-order valence-electron chi connectivity index (χ0n) is 10.0. The lowest BCUT2D eigenvalue weighted by molar-refractivity contribution is 0.576. The summed E-state index contributed by atoms with van der Waals surface area (Å²) < 4.78 is 1.19. The fourth-order valence-corrected chi connectivity index (χ4v) is 3.32. The van der Waals surface area contributed by atoms with Crippen molar-refractivity contribution in [2.45, 2.75) is 26.4 Å². The van der Waals surface area contributed by atoms with Crippen molar-refractivity contribution in [2.24, 2.45) is 0 Å². The molecule has 3 heteroatoms. The van der Waals surface area contributed by atoms with Gasteiger partial charge in [-0.2, -0.15) is 0 Å². The summed E-state index contributed by atoms with van der Waals surface area (Å²) >= 11 is 5.27. The zero-order chi connectivity index (χ0) is 12.3. The van der Waals surface area contributed by atoms with Gasteiger partial charge in [0, 0.05) is 17.5 Å². The highest BCUT2D eigenvalue weighted by molar-refractivity contribution is 9.11. The second-order valence-electron chi connectivity index (χ2n) is 4.16. The number of thiophene rings is 1. The first-order valence-electron chi connectivity index (χ1n) is 5.70. The van der Waals surface area contributed by atoms with E-state index in [-0.39, 0.29) is 0 Å². The Labute approximate surface area is 115 Å². The number of hydrogen-bond acceptors (Lipinski definition) is 2. The number of benzene rings is 1. The number of nitrogens with one attached hydrogen (secondary N) is 1. The molecule has 1 atom stereocenters. The van der Waals surface area contributed by atoms with E-state index in [1.165, 1.54) is 19.8 Å². The van der Waals surface area contributed by atoms with Crippen molar-refractivity contribution in [2.75, 3.05) is 0 Å². The van der Waals surface area contributed by atoms with Crippen molar-refractivity contribution >= 4 is 27.3 Å². The van der Waals surface area contributed by atoms with Gasteiger partial charge in [0.2, 0.25) is 0 Å². The van der Waals surface area contributed by atoms with Crippen LogP contribution < -0.4 is 5.32 Å². The fourth-order valence-electron chi connectivity index (χ4n) is 1.88. The zero-order valence-corrected chi connectivity index (χ0v) is 12.4. The molecular formula is C14H16BrNS. The first kappa shape index (κ1) is 12.8. The Morgan fingerprint density at radius 1 is 1.24 bits per heavy atom. The maximum Gasteiger partial charge on any atom is 0.0701 e. The highest BCUT2D eigenvalue weighted by atomic mass is 79.9. The third-order valence-corrected chi connectivity index (χ3v) is 4.49. The predicted octanol–water partition coefficient (Wildman–Crippen LogP) is 4.67. The first-order chi connectivity index (χ1) is 8.16. The smallest absolute Gasteiger partial charge is 0.0701 e. The molecule has 17 heavy (non-hydrogen) atoms. The van der Waals surface area contributed by atoms with Crippen molar-refractivity contribution in [1.29, 1.82) is 0 Å². The van der Waals surface area contributed by atoms with Crippen molar-refractivity contribution in [1.82, 2.24) is 5.32 Å². The van der Waals surface area contributed by atoms with Crippen LogP contribution in [-0.4, -0.2) is 0 Å². The molecule has 1 aromatic carbocycles. The van der Waals surface area contributed by atoms with Gasteiger partial charge in [0.05, 0.1) is 3.79 Å². The maximum absolute atomic E-state index is 3.56. The van der Waals surface area contributed by atoms with Crippen molar-refractivity contribution in [3.05, 3.63) is 56.2 Å². The lowest BCUT2D eigenvalue weighted by Crippen LogP contribution is -2.18. The third-order valence-electron chi connectivity index (χ3n) is 2.87. The molecule has 0 spiro atoms. The quantitative estimate of drug-likeness (QED) is 0.865. The van der Waals surface area contributed by atoms with Gasteiger partial charge in [0.15, 0.2) is 0 Å². The van der Waals surface area contributed by atoms with Crippen molar-refractivity contribution < 1.29 is 0 Å². The molecule has 90 valence electrons. The maximum atomic E-state index is 3.56. The van der Waals surface area contributed by atoms with Crippen LogP contribution in [0.5, 0.6) is 0 Å². The predicted molar refractivity (Wildman–Crippen MR) is 78.5 cm³/mol. The molecule has 0 radical (unpaired) electrons. The summed E-state index contributed by atoms with van der Waals surface area (Å²) in [6, 6.07) is 13.2. The van der Waals surface area contributed by atoms with Crippen LogP contribution in [0.1, 0.15) is 29.0 Å². The third kappa shape index (κ3) is 3.41. The Bertz CT molecular complexity index is 492. The van der Waals surface area contributed by atoms with Gasteiger partial charge >= 0.3 is 0 Å². The van der Waals surface area contributed by atoms with Crippen LogP contribution in [-0.2, 0) is 6.54 Å². The second kappa shape index (κ2) is 5.80. The molecule has 0 saturated heterocycles. The van der Waals surface area contributed by atoms with E-state index >= 15 is 0 Å². The average Bonchev–Trinajstić information content (AvgIpc) is 2.73. The Kier molecular flexibility index (Phi) is 4.37. The molecular weight excluding hydrogens is 294 g/mol. The van der Waals surface area contributed by atoms with Gasteiger partial charge in [0.25, 0.3) is 0 Å². The van der Waals surface area contributed by atoms with Crippen LogP contribution >= 0.6 is 27.3 Å². The Balaban J connectivity index is 1.98. The van der Waals surface area contributed by atoms with Crippen LogP contribution in [0.4, 0.5) is 0 Å². The van der Waals surface area contributed by atoms with Crippen molar-refractivity contribution in [3.63, 3.8) is 0 Å². The van der Waals surface area contributed by atoms with Crippen LogP contribution in [0.3, 0.4) is 0 Å². The Morgan fingerprint density at radius 3 is 2.65 bits per heavy atom. The molecule has 0 unspecified atom stereocenters. The van der Waals surface area contributed by atoms with E-state index in [0.29, 0.717) is 6.04 Å². The molecule has 1 aromatic heterocycles. The molecule has 0 aliphatic rings. The van der Waals surface area contributed by atoms with E-state index in [2.05, 4.69) is 71.5 Å².